The van der Waals surface area contributed by atoms with Gasteiger partial charge in [-0.2, -0.15) is 0 Å². The van der Waals surface area contributed by atoms with Gasteiger partial charge in [0.2, 0.25) is 5.95 Å². The van der Waals surface area contributed by atoms with E-state index in [9.17, 15) is 4.79 Å². The minimum Gasteiger partial charge on any atom is -0.462 e. The Labute approximate surface area is 185 Å². The van der Waals surface area contributed by atoms with Crippen LogP contribution in [0.4, 0.5) is 5.95 Å². The monoisotopic (exact) mass is 422 g/mol. The Kier molecular flexibility index (Phi) is 6.56. The molecule has 0 spiro atoms. The van der Waals surface area contributed by atoms with Crippen LogP contribution in [0.5, 0.6) is 0 Å². The summed E-state index contributed by atoms with van der Waals surface area (Å²) in [6, 6.07) is 9.84. The molecule has 2 aromatic rings. The number of esters is 1. The second-order valence-corrected chi connectivity index (χ2v) is 9.10. The lowest BCUT2D eigenvalue weighted by Gasteiger charge is -2.43. The smallest absolute Gasteiger partial charge is 0.341 e. The second kappa shape index (κ2) is 9.35. The molecule has 1 aliphatic heterocycles. The molecule has 166 valence electrons. The van der Waals surface area contributed by atoms with Crippen LogP contribution in [0.25, 0.3) is 0 Å². The van der Waals surface area contributed by atoms with Gasteiger partial charge in [0.1, 0.15) is 0 Å². The van der Waals surface area contributed by atoms with E-state index in [2.05, 4.69) is 58.3 Å². The first-order valence-electron chi connectivity index (χ1n) is 11.6. The molecule has 4 rings (SSSR count). The average Bonchev–Trinajstić information content (AvgIpc) is 2.77. The van der Waals surface area contributed by atoms with Gasteiger partial charge in [-0.25, -0.2) is 14.8 Å². The van der Waals surface area contributed by atoms with Crippen molar-refractivity contribution >= 4 is 11.9 Å². The molecule has 2 heterocycles. The maximum atomic E-state index is 11.8. The molecule has 0 unspecified atom stereocenters. The normalized spacial score (nSPS) is 19.1. The van der Waals surface area contributed by atoms with Crippen molar-refractivity contribution in [3.63, 3.8) is 0 Å². The molecule has 1 aromatic heterocycles. The minimum absolute atomic E-state index is 0.120. The fourth-order valence-electron chi connectivity index (χ4n) is 4.77. The highest BCUT2D eigenvalue weighted by Gasteiger charge is 2.39. The molecule has 0 bridgehead atoms. The number of hydrogen-bond donors (Lipinski definition) is 1. The molecular formula is C25H34N4O2. The molecule has 0 atom stereocenters. The minimum atomic E-state index is -0.387. The Bertz CT molecular complexity index is 867. The Morgan fingerprint density at radius 2 is 1.81 bits per heavy atom. The second-order valence-electron chi connectivity index (χ2n) is 9.10. The van der Waals surface area contributed by atoms with E-state index in [1.54, 1.807) is 6.92 Å². The van der Waals surface area contributed by atoms with E-state index >= 15 is 0 Å². The van der Waals surface area contributed by atoms with E-state index in [0.29, 0.717) is 30.1 Å². The zero-order valence-electron chi connectivity index (χ0n) is 18.9. The van der Waals surface area contributed by atoms with Gasteiger partial charge >= 0.3 is 5.97 Å². The fraction of sp³-hybridized carbons (Fsp3) is 0.560. The maximum absolute atomic E-state index is 11.8. The van der Waals surface area contributed by atoms with E-state index in [0.717, 1.165) is 12.8 Å². The number of carbonyl (C=O) groups excluding carboxylic acids is 1. The van der Waals surface area contributed by atoms with E-state index < -0.39 is 0 Å². The lowest BCUT2D eigenvalue weighted by atomic mass is 9.71. The number of carbonyl (C=O) groups is 1. The summed E-state index contributed by atoms with van der Waals surface area (Å²) in [6.45, 7) is 9.08. The number of likely N-dealkylation sites (tertiary alicyclic amines) is 1. The van der Waals surface area contributed by atoms with Crippen LogP contribution in [0.15, 0.2) is 36.7 Å². The standard InChI is InChI=1S/C25H34N4O2/c1-4-31-23(30)21-16-26-24(27-17-21)28-25(12-5-13-25)22-8-6-19(7-9-22)20-10-14-29(15-11-20)18(2)3/h6-9,16-18,20H,4-5,10-15H2,1-3H3,(H,26,27,28). The Morgan fingerprint density at radius 1 is 1.16 bits per heavy atom. The number of nitrogens with one attached hydrogen (secondary N) is 1. The van der Waals surface area contributed by atoms with Crippen LogP contribution in [-0.2, 0) is 10.3 Å². The van der Waals surface area contributed by atoms with Crippen molar-refractivity contribution in [3.8, 4) is 0 Å². The van der Waals surface area contributed by atoms with Crippen LogP contribution in [0.1, 0.15) is 80.3 Å². The van der Waals surface area contributed by atoms with Crippen molar-refractivity contribution in [2.75, 3.05) is 25.0 Å². The molecule has 1 aromatic carbocycles. The van der Waals surface area contributed by atoms with E-state index in [1.807, 2.05) is 0 Å². The van der Waals surface area contributed by atoms with Crippen molar-refractivity contribution in [2.45, 2.75) is 70.4 Å². The predicted molar refractivity (Wildman–Crippen MR) is 122 cm³/mol. The van der Waals surface area contributed by atoms with Gasteiger partial charge in [-0.1, -0.05) is 24.3 Å². The lowest BCUT2D eigenvalue weighted by Crippen LogP contribution is -2.42. The highest BCUT2D eigenvalue weighted by Crippen LogP contribution is 2.44. The first kappa shape index (κ1) is 21.8. The summed E-state index contributed by atoms with van der Waals surface area (Å²) < 4.78 is 5.01. The molecule has 1 saturated heterocycles. The van der Waals surface area contributed by atoms with Crippen LogP contribution in [0.3, 0.4) is 0 Å². The van der Waals surface area contributed by atoms with Crippen LogP contribution in [0, 0.1) is 0 Å². The number of rotatable bonds is 7. The number of piperidine rings is 1. The van der Waals surface area contributed by atoms with E-state index in [-0.39, 0.29) is 11.5 Å². The van der Waals surface area contributed by atoms with Gasteiger partial charge in [0.15, 0.2) is 0 Å². The summed E-state index contributed by atoms with van der Waals surface area (Å²) in [5.41, 5.74) is 3.00. The molecule has 1 aliphatic carbocycles. The van der Waals surface area contributed by atoms with Crippen molar-refractivity contribution in [2.24, 2.45) is 0 Å². The van der Waals surface area contributed by atoms with Gasteiger partial charge in [-0.15, -0.1) is 0 Å². The van der Waals surface area contributed by atoms with E-state index in [4.69, 9.17) is 4.74 Å². The van der Waals surface area contributed by atoms with Crippen molar-refractivity contribution < 1.29 is 9.53 Å². The van der Waals surface area contributed by atoms with Crippen LogP contribution in [-0.4, -0.2) is 46.6 Å². The maximum Gasteiger partial charge on any atom is 0.341 e. The number of nitrogens with zero attached hydrogens (tertiary/aromatic N) is 3. The Morgan fingerprint density at radius 3 is 2.32 bits per heavy atom. The third-order valence-corrected chi connectivity index (χ3v) is 6.92. The number of benzene rings is 1. The van der Waals surface area contributed by atoms with Gasteiger partial charge in [0.05, 0.1) is 17.7 Å². The highest BCUT2D eigenvalue weighted by atomic mass is 16.5. The molecule has 0 radical (unpaired) electrons. The van der Waals surface area contributed by atoms with Crippen LogP contribution < -0.4 is 5.32 Å². The molecule has 31 heavy (non-hydrogen) atoms. The molecular weight excluding hydrogens is 388 g/mol. The zero-order valence-corrected chi connectivity index (χ0v) is 18.9. The molecule has 2 aliphatic rings. The van der Waals surface area contributed by atoms with Gasteiger partial charge in [-0.05, 0) is 83.0 Å². The predicted octanol–water partition coefficient (Wildman–Crippen LogP) is 4.73. The van der Waals surface area contributed by atoms with Crippen LogP contribution in [0.2, 0.25) is 0 Å². The third-order valence-electron chi connectivity index (χ3n) is 6.92. The topological polar surface area (TPSA) is 67.3 Å². The largest absolute Gasteiger partial charge is 0.462 e. The van der Waals surface area contributed by atoms with E-state index in [1.165, 1.54) is 55.9 Å². The van der Waals surface area contributed by atoms with Gasteiger partial charge in [0, 0.05) is 18.4 Å². The summed E-state index contributed by atoms with van der Waals surface area (Å²) in [7, 11) is 0. The molecule has 2 fully saturated rings. The Hall–Kier alpha value is -2.47. The molecule has 6 heteroatoms. The molecule has 0 amide bonds. The number of hydrogen-bond acceptors (Lipinski definition) is 6. The molecule has 6 nitrogen and oxygen atoms in total. The number of anilines is 1. The van der Waals surface area contributed by atoms with Crippen molar-refractivity contribution in [1.29, 1.82) is 0 Å². The van der Waals surface area contributed by atoms with Gasteiger partial charge in [-0.3, -0.25) is 0 Å². The SMILES string of the molecule is CCOC(=O)c1cnc(NC2(c3ccc(C4CCN(C(C)C)CC4)cc3)CCC2)nc1. The summed E-state index contributed by atoms with van der Waals surface area (Å²) in [6.07, 6.45) is 8.84. The number of ether oxygens (including phenoxy) is 1. The summed E-state index contributed by atoms with van der Waals surface area (Å²) in [5, 5.41) is 3.54. The zero-order chi connectivity index (χ0) is 21.8. The summed E-state index contributed by atoms with van der Waals surface area (Å²) >= 11 is 0. The molecule has 1 N–H and O–H groups in total. The Balaban J connectivity index is 1.42. The fourth-order valence-corrected chi connectivity index (χ4v) is 4.77. The lowest BCUT2D eigenvalue weighted by molar-refractivity contribution is 0.0525. The third kappa shape index (κ3) is 4.74. The molecule has 1 saturated carbocycles. The van der Waals surface area contributed by atoms with Crippen molar-refractivity contribution in [3.05, 3.63) is 53.3 Å². The van der Waals surface area contributed by atoms with Crippen LogP contribution >= 0.6 is 0 Å². The summed E-state index contributed by atoms with van der Waals surface area (Å²) in [5.74, 6) is 0.827. The first-order valence-corrected chi connectivity index (χ1v) is 11.6. The summed E-state index contributed by atoms with van der Waals surface area (Å²) in [4.78, 5) is 23.1. The quantitative estimate of drug-likeness (QED) is 0.651. The highest BCUT2D eigenvalue weighted by molar-refractivity contribution is 5.88. The van der Waals surface area contributed by atoms with Gasteiger partial charge in [0.25, 0.3) is 0 Å². The number of aromatic nitrogens is 2. The first-order chi connectivity index (χ1) is 15.0. The van der Waals surface area contributed by atoms with Crippen molar-refractivity contribution in [1.82, 2.24) is 14.9 Å². The average molecular weight is 423 g/mol. The van der Waals surface area contributed by atoms with Gasteiger partial charge < -0.3 is 15.0 Å².